The quantitative estimate of drug-likeness (QED) is 0.706. The van der Waals surface area contributed by atoms with Crippen LogP contribution in [0.15, 0.2) is 0 Å². The summed E-state index contributed by atoms with van der Waals surface area (Å²) in [5.74, 6) is 2.06. The zero-order chi connectivity index (χ0) is 11.3. The first-order valence-corrected chi connectivity index (χ1v) is 7.26. The summed E-state index contributed by atoms with van der Waals surface area (Å²) in [5.41, 5.74) is 0. The second-order valence-corrected chi connectivity index (χ2v) is 6.59. The zero-order valence-corrected chi connectivity index (χ0v) is 11.2. The maximum absolute atomic E-state index is 12.0. The van der Waals surface area contributed by atoms with Crippen molar-refractivity contribution in [3.05, 3.63) is 0 Å². The lowest BCUT2D eigenvalue weighted by molar-refractivity contribution is -0.123. The fourth-order valence-electron chi connectivity index (χ4n) is 2.21. The highest BCUT2D eigenvalue weighted by Gasteiger charge is 2.34. The molecule has 0 bridgehead atoms. The van der Waals surface area contributed by atoms with Crippen LogP contribution in [0.25, 0.3) is 0 Å². The lowest BCUT2D eigenvalue weighted by atomic mass is 9.86. The third kappa shape index (κ3) is 3.82. The molecule has 0 spiro atoms. The van der Waals surface area contributed by atoms with Crippen molar-refractivity contribution in [2.75, 3.05) is 5.75 Å². The molecule has 1 nitrogen and oxygen atoms in total. The second-order valence-electron chi connectivity index (χ2n) is 4.91. The minimum absolute atomic E-state index is 0.364. The van der Waals surface area contributed by atoms with E-state index >= 15 is 0 Å². The van der Waals surface area contributed by atoms with Crippen LogP contribution >= 0.6 is 11.8 Å². The molecule has 0 aromatic rings. The van der Waals surface area contributed by atoms with E-state index in [1.807, 2.05) is 0 Å². The van der Waals surface area contributed by atoms with E-state index in [0.717, 1.165) is 32.1 Å². The monoisotopic (exact) mass is 228 g/mol. The van der Waals surface area contributed by atoms with Gasteiger partial charge in [0.05, 0.1) is 0 Å². The average Bonchev–Trinajstić information content (AvgIpc) is 2.26. The van der Waals surface area contributed by atoms with Crippen molar-refractivity contribution in [1.82, 2.24) is 0 Å². The Morgan fingerprint density at radius 2 is 2.20 bits per heavy atom. The van der Waals surface area contributed by atoms with Gasteiger partial charge in [-0.1, -0.05) is 27.2 Å². The molecule has 0 amide bonds. The van der Waals surface area contributed by atoms with Crippen LogP contribution in [0.1, 0.15) is 59.3 Å². The number of Topliss-reactive ketones (excluding diaryl/α,β-unsaturated/α-hetero) is 1. The van der Waals surface area contributed by atoms with E-state index in [1.165, 1.54) is 12.2 Å². The minimum atomic E-state index is 0.364. The van der Waals surface area contributed by atoms with Gasteiger partial charge < -0.3 is 0 Å². The first kappa shape index (κ1) is 13.1. The number of hydrogen-bond donors (Lipinski definition) is 0. The summed E-state index contributed by atoms with van der Waals surface area (Å²) < 4.78 is 0.366. The van der Waals surface area contributed by atoms with E-state index in [2.05, 4.69) is 32.5 Å². The lowest BCUT2D eigenvalue weighted by Crippen LogP contribution is -2.32. The summed E-state index contributed by atoms with van der Waals surface area (Å²) in [5, 5.41) is 0. The van der Waals surface area contributed by atoms with E-state index < -0.39 is 0 Å². The van der Waals surface area contributed by atoms with Crippen LogP contribution in [-0.2, 0) is 4.79 Å². The van der Waals surface area contributed by atoms with Gasteiger partial charge in [-0.2, -0.15) is 11.8 Å². The zero-order valence-electron chi connectivity index (χ0n) is 10.3. The van der Waals surface area contributed by atoms with Crippen LogP contribution in [0.3, 0.4) is 0 Å². The van der Waals surface area contributed by atoms with Crippen LogP contribution in [0.2, 0.25) is 0 Å². The van der Waals surface area contributed by atoms with Gasteiger partial charge in [0.25, 0.3) is 0 Å². The molecule has 2 heteroatoms. The molecular formula is C13H24OS. The fourth-order valence-corrected chi connectivity index (χ4v) is 3.62. The Morgan fingerprint density at radius 1 is 1.47 bits per heavy atom. The van der Waals surface area contributed by atoms with Gasteiger partial charge in [-0.3, -0.25) is 4.79 Å². The Kier molecular flexibility index (Phi) is 5.17. The van der Waals surface area contributed by atoms with E-state index in [-0.39, 0.29) is 0 Å². The molecule has 0 aromatic carbocycles. The third-order valence-electron chi connectivity index (χ3n) is 3.57. The molecule has 0 aromatic heterocycles. The number of hydrogen-bond acceptors (Lipinski definition) is 2. The Hall–Kier alpha value is 0.0200. The van der Waals surface area contributed by atoms with E-state index in [4.69, 9.17) is 0 Å². The average molecular weight is 228 g/mol. The Balaban J connectivity index is 2.45. The highest BCUT2D eigenvalue weighted by atomic mass is 32.2. The Labute approximate surface area is 98.4 Å². The predicted octanol–water partition coefficient (Wildman–Crippen LogP) is 4.06. The van der Waals surface area contributed by atoms with Crippen molar-refractivity contribution >= 4 is 17.5 Å². The largest absolute Gasteiger partial charge is 0.299 e. The molecule has 0 unspecified atom stereocenters. The molecule has 1 fully saturated rings. The van der Waals surface area contributed by atoms with Crippen LogP contribution in [-0.4, -0.2) is 16.3 Å². The van der Waals surface area contributed by atoms with Crippen molar-refractivity contribution in [2.24, 2.45) is 5.92 Å². The number of carbonyl (C=O) groups excluding carboxylic acids is 1. The minimum Gasteiger partial charge on any atom is -0.299 e. The predicted molar refractivity (Wildman–Crippen MR) is 68.4 cm³/mol. The summed E-state index contributed by atoms with van der Waals surface area (Å²) in [4.78, 5) is 12.0. The van der Waals surface area contributed by atoms with Crippen LogP contribution in [0, 0.1) is 5.92 Å². The molecule has 0 aliphatic carbocycles. The van der Waals surface area contributed by atoms with Crippen LogP contribution in [0.4, 0.5) is 0 Å². The van der Waals surface area contributed by atoms with Gasteiger partial charge in [-0.15, -0.1) is 0 Å². The van der Waals surface area contributed by atoms with Crippen molar-refractivity contribution in [3.8, 4) is 0 Å². The van der Waals surface area contributed by atoms with Crippen molar-refractivity contribution in [1.29, 1.82) is 0 Å². The third-order valence-corrected chi connectivity index (χ3v) is 5.17. The standard InChI is InChI=1S/C13H24OS/c1-4-6-7-12(14)11-8-9-15-13(3,5-2)10-11/h11H,4-10H2,1-3H3/t11-,13-/m1/s1. The molecule has 1 aliphatic heterocycles. The molecule has 0 saturated carbocycles. The molecule has 1 rings (SSSR count). The van der Waals surface area contributed by atoms with E-state index in [0.29, 0.717) is 16.4 Å². The molecule has 15 heavy (non-hydrogen) atoms. The van der Waals surface area contributed by atoms with Gasteiger partial charge in [-0.25, -0.2) is 0 Å². The smallest absolute Gasteiger partial charge is 0.136 e. The first-order chi connectivity index (χ1) is 7.11. The number of unbranched alkanes of at least 4 members (excludes halogenated alkanes) is 1. The van der Waals surface area contributed by atoms with Crippen LogP contribution in [0.5, 0.6) is 0 Å². The number of rotatable bonds is 5. The molecular weight excluding hydrogens is 204 g/mol. The van der Waals surface area contributed by atoms with Gasteiger partial charge in [0.2, 0.25) is 0 Å². The van der Waals surface area contributed by atoms with E-state index in [1.54, 1.807) is 0 Å². The number of ketones is 1. The highest BCUT2D eigenvalue weighted by molar-refractivity contribution is 8.00. The molecule has 0 N–H and O–H groups in total. The maximum atomic E-state index is 12.0. The lowest BCUT2D eigenvalue weighted by Gasteiger charge is -2.36. The van der Waals surface area contributed by atoms with Crippen molar-refractivity contribution < 1.29 is 4.79 Å². The molecule has 1 heterocycles. The fraction of sp³-hybridized carbons (Fsp3) is 0.923. The first-order valence-electron chi connectivity index (χ1n) is 6.28. The summed E-state index contributed by atoms with van der Waals surface area (Å²) in [7, 11) is 0. The van der Waals surface area contributed by atoms with E-state index in [9.17, 15) is 4.79 Å². The van der Waals surface area contributed by atoms with Gasteiger partial charge in [-0.05, 0) is 31.4 Å². The molecule has 88 valence electrons. The number of carbonyl (C=O) groups is 1. The van der Waals surface area contributed by atoms with Crippen molar-refractivity contribution in [3.63, 3.8) is 0 Å². The van der Waals surface area contributed by atoms with Crippen LogP contribution < -0.4 is 0 Å². The molecule has 2 atom stereocenters. The second kappa shape index (κ2) is 5.93. The van der Waals surface area contributed by atoms with Gasteiger partial charge in [0.1, 0.15) is 5.78 Å². The topological polar surface area (TPSA) is 17.1 Å². The molecule has 0 radical (unpaired) electrons. The molecule has 1 saturated heterocycles. The Bertz CT molecular complexity index is 215. The summed E-state index contributed by atoms with van der Waals surface area (Å²) in [6.07, 6.45) is 6.43. The summed E-state index contributed by atoms with van der Waals surface area (Å²) in [6, 6.07) is 0. The van der Waals surface area contributed by atoms with Gasteiger partial charge in [0.15, 0.2) is 0 Å². The Morgan fingerprint density at radius 3 is 2.80 bits per heavy atom. The summed E-state index contributed by atoms with van der Waals surface area (Å²) >= 11 is 2.06. The number of thioether (sulfide) groups is 1. The van der Waals surface area contributed by atoms with Gasteiger partial charge in [0, 0.05) is 17.1 Å². The SMILES string of the molecule is CCCCC(=O)[C@@H]1CCS[C@](C)(CC)C1. The normalized spacial score (nSPS) is 31.5. The molecule has 1 aliphatic rings. The highest BCUT2D eigenvalue weighted by Crippen LogP contribution is 2.41. The van der Waals surface area contributed by atoms with Gasteiger partial charge >= 0.3 is 0 Å². The summed E-state index contributed by atoms with van der Waals surface area (Å²) in [6.45, 7) is 6.71. The maximum Gasteiger partial charge on any atom is 0.136 e. The van der Waals surface area contributed by atoms with Crippen molar-refractivity contribution in [2.45, 2.75) is 64.0 Å².